The van der Waals surface area contributed by atoms with E-state index in [1.807, 2.05) is 13.0 Å². The molecule has 3 heterocycles. The topological polar surface area (TPSA) is 90.0 Å². The van der Waals surface area contributed by atoms with Gasteiger partial charge in [-0.05, 0) is 61.9 Å². The van der Waals surface area contributed by atoms with Crippen LogP contribution in [0.1, 0.15) is 21.9 Å². The van der Waals surface area contributed by atoms with Gasteiger partial charge >= 0.3 is 0 Å². The molecule has 0 atom stereocenters. The third kappa shape index (κ3) is 2.99. The highest BCUT2D eigenvalue weighted by Gasteiger charge is 2.13. The Bertz CT molecular complexity index is 1210. The van der Waals surface area contributed by atoms with Crippen molar-refractivity contribution in [2.75, 3.05) is 5.32 Å². The van der Waals surface area contributed by atoms with Crippen molar-refractivity contribution in [1.29, 1.82) is 0 Å². The summed E-state index contributed by atoms with van der Waals surface area (Å²) in [5, 5.41) is 3.26. The van der Waals surface area contributed by atoms with Gasteiger partial charge in [-0.25, -0.2) is 9.97 Å². The standard InChI is InChI=1S/C20H16N4O3/c1-12-11-14(7-8-16(12)23-19(25)17-6-4-10-27-17)24-13(2)22-18-15(20(24)26)5-3-9-21-18/h3-11H,1-2H3,(H,23,25). The average molecular weight is 360 g/mol. The quantitative estimate of drug-likeness (QED) is 0.606. The molecule has 1 N–H and O–H groups in total. The van der Waals surface area contributed by atoms with Crippen molar-refractivity contribution in [3.05, 3.63) is 82.4 Å². The summed E-state index contributed by atoms with van der Waals surface area (Å²) in [7, 11) is 0. The van der Waals surface area contributed by atoms with E-state index in [-0.39, 0.29) is 17.2 Å². The number of nitrogens with zero attached hydrogens (tertiary/aromatic N) is 3. The molecule has 4 rings (SSSR count). The van der Waals surface area contributed by atoms with Gasteiger partial charge in [0, 0.05) is 11.9 Å². The Hall–Kier alpha value is -3.74. The van der Waals surface area contributed by atoms with Crippen LogP contribution in [0.2, 0.25) is 0 Å². The molecule has 0 radical (unpaired) electrons. The van der Waals surface area contributed by atoms with E-state index in [1.165, 1.54) is 10.8 Å². The maximum absolute atomic E-state index is 12.9. The van der Waals surface area contributed by atoms with Gasteiger partial charge in [0.25, 0.3) is 11.5 Å². The van der Waals surface area contributed by atoms with Crippen LogP contribution in [0.5, 0.6) is 0 Å². The minimum atomic E-state index is -0.331. The molecule has 0 aliphatic heterocycles. The van der Waals surface area contributed by atoms with Crippen LogP contribution in [0.25, 0.3) is 16.7 Å². The second kappa shape index (κ2) is 6.53. The van der Waals surface area contributed by atoms with Gasteiger partial charge in [-0.1, -0.05) is 0 Å². The minimum absolute atomic E-state index is 0.183. The number of aromatic nitrogens is 3. The van der Waals surface area contributed by atoms with Crippen molar-refractivity contribution in [1.82, 2.24) is 14.5 Å². The van der Waals surface area contributed by atoms with Crippen molar-refractivity contribution in [2.24, 2.45) is 0 Å². The normalized spacial score (nSPS) is 10.9. The van der Waals surface area contributed by atoms with Crippen LogP contribution in [0, 0.1) is 13.8 Å². The fourth-order valence-electron chi connectivity index (χ4n) is 2.95. The number of rotatable bonds is 3. The zero-order chi connectivity index (χ0) is 19.0. The lowest BCUT2D eigenvalue weighted by atomic mass is 10.1. The number of hydrogen-bond acceptors (Lipinski definition) is 5. The van der Waals surface area contributed by atoms with Crippen LogP contribution in [0.3, 0.4) is 0 Å². The summed E-state index contributed by atoms with van der Waals surface area (Å²) in [6, 6.07) is 12.0. The van der Waals surface area contributed by atoms with Crippen LogP contribution >= 0.6 is 0 Å². The molecule has 0 bridgehead atoms. The van der Waals surface area contributed by atoms with E-state index in [4.69, 9.17) is 4.42 Å². The van der Waals surface area contributed by atoms with E-state index < -0.39 is 0 Å². The number of nitrogens with one attached hydrogen (secondary N) is 1. The molecule has 7 heteroatoms. The fraction of sp³-hybridized carbons (Fsp3) is 0.100. The van der Waals surface area contributed by atoms with Crippen LogP contribution in [-0.2, 0) is 0 Å². The molecule has 0 aliphatic rings. The monoisotopic (exact) mass is 360 g/mol. The van der Waals surface area contributed by atoms with Crippen LogP contribution < -0.4 is 10.9 Å². The molecule has 1 aromatic carbocycles. The molecule has 0 saturated heterocycles. The van der Waals surface area contributed by atoms with Crippen molar-refractivity contribution in [3.63, 3.8) is 0 Å². The van der Waals surface area contributed by atoms with Gasteiger partial charge in [-0.2, -0.15) is 0 Å². The Morgan fingerprint density at radius 1 is 1.15 bits per heavy atom. The first-order chi connectivity index (χ1) is 13.0. The summed E-state index contributed by atoms with van der Waals surface area (Å²) in [4.78, 5) is 33.6. The summed E-state index contributed by atoms with van der Waals surface area (Å²) < 4.78 is 6.64. The molecule has 0 aliphatic carbocycles. The zero-order valence-electron chi connectivity index (χ0n) is 14.8. The van der Waals surface area contributed by atoms with Crippen molar-refractivity contribution in [2.45, 2.75) is 13.8 Å². The Labute approximate surface area is 154 Å². The predicted octanol–water partition coefficient (Wildman–Crippen LogP) is 3.24. The van der Waals surface area contributed by atoms with E-state index in [9.17, 15) is 9.59 Å². The largest absolute Gasteiger partial charge is 0.459 e. The summed E-state index contributed by atoms with van der Waals surface area (Å²) >= 11 is 0. The van der Waals surface area contributed by atoms with Crippen molar-refractivity contribution >= 4 is 22.6 Å². The summed E-state index contributed by atoms with van der Waals surface area (Å²) in [5.41, 5.74) is 2.36. The van der Waals surface area contributed by atoms with Crippen LogP contribution in [-0.4, -0.2) is 20.4 Å². The third-order valence-corrected chi connectivity index (χ3v) is 4.27. The lowest BCUT2D eigenvalue weighted by molar-refractivity contribution is 0.0996. The number of carbonyl (C=O) groups is 1. The van der Waals surface area contributed by atoms with Crippen LogP contribution in [0.15, 0.2) is 64.1 Å². The van der Waals surface area contributed by atoms with E-state index >= 15 is 0 Å². The number of aryl methyl sites for hydroxylation is 2. The smallest absolute Gasteiger partial charge is 0.291 e. The first-order valence-corrected chi connectivity index (χ1v) is 8.35. The first kappa shape index (κ1) is 16.7. The second-order valence-corrected chi connectivity index (χ2v) is 6.10. The van der Waals surface area contributed by atoms with Gasteiger partial charge in [-0.15, -0.1) is 0 Å². The molecule has 3 aromatic heterocycles. The SMILES string of the molecule is Cc1cc(-n2c(C)nc3ncccc3c2=O)ccc1NC(=O)c1ccco1. The molecule has 7 nitrogen and oxygen atoms in total. The lowest BCUT2D eigenvalue weighted by Gasteiger charge is -2.13. The highest BCUT2D eigenvalue weighted by Crippen LogP contribution is 2.20. The number of anilines is 1. The number of benzene rings is 1. The molecular formula is C20H16N4O3. The predicted molar refractivity (Wildman–Crippen MR) is 101 cm³/mol. The maximum Gasteiger partial charge on any atom is 0.291 e. The highest BCUT2D eigenvalue weighted by molar-refractivity contribution is 6.02. The molecular weight excluding hydrogens is 344 g/mol. The van der Waals surface area contributed by atoms with Gasteiger partial charge in [0.1, 0.15) is 5.82 Å². The number of carbonyl (C=O) groups excluding carboxylic acids is 1. The molecule has 1 amide bonds. The van der Waals surface area contributed by atoms with Gasteiger partial charge in [0.15, 0.2) is 11.4 Å². The summed E-state index contributed by atoms with van der Waals surface area (Å²) in [6.45, 7) is 3.62. The molecule has 0 spiro atoms. The van der Waals surface area contributed by atoms with Gasteiger partial charge in [0.2, 0.25) is 0 Å². The Morgan fingerprint density at radius 2 is 2.00 bits per heavy atom. The highest BCUT2D eigenvalue weighted by atomic mass is 16.3. The second-order valence-electron chi connectivity index (χ2n) is 6.10. The lowest BCUT2D eigenvalue weighted by Crippen LogP contribution is -2.22. The van der Waals surface area contributed by atoms with Crippen LogP contribution in [0.4, 0.5) is 5.69 Å². The van der Waals surface area contributed by atoms with Gasteiger partial charge in [0.05, 0.1) is 17.3 Å². The van der Waals surface area contributed by atoms with E-state index in [2.05, 4.69) is 15.3 Å². The maximum atomic E-state index is 12.9. The number of pyridine rings is 1. The van der Waals surface area contributed by atoms with E-state index in [0.29, 0.717) is 28.2 Å². The molecule has 0 fully saturated rings. The minimum Gasteiger partial charge on any atom is -0.459 e. The first-order valence-electron chi connectivity index (χ1n) is 8.35. The molecule has 4 aromatic rings. The molecule has 134 valence electrons. The Balaban J connectivity index is 1.74. The Morgan fingerprint density at radius 3 is 2.74 bits per heavy atom. The Kier molecular flexibility index (Phi) is 4.04. The molecule has 0 unspecified atom stereocenters. The van der Waals surface area contributed by atoms with Gasteiger partial charge < -0.3 is 9.73 Å². The number of fused-ring (bicyclic) bond motifs is 1. The van der Waals surface area contributed by atoms with E-state index in [1.54, 1.807) is 49.5 Å². The van der Waals surface area contributed by atoms with Crippen molar-refractivity contribution < 1.29 is 9.21 Å². The summed E-state index contributed by atoms with van der Waals surface area (Å²) in [5.74, 6) is 0.442. The molecule has 27 heavy (non-hydrogen) atoms. The van der Waals surface area contributed by atoms with Gasteiger partial charge in [-0.3, -0.25) is 14.2 Å². The summed E-state index contributed by atoms with van der Waals surface area (Å²) in [6.07, 6.45) is 3.06. The van der Waals surface area contributed by atoms with E-state index in [0.717, 1.165) is 5.56 Å². The average Bonchev–Trinajstić information content (AvgIpc) is 3.19. The fourth-order valence-corrected chi connectivity index (χ4v) is 2.95. The number of amides is 1. The number of furan rings is 1. The molecule has 0 saturated carbocycles. The number of hydrogen-bond donors (Lipinski definition) is 1. The third-order valence-electron chi connectivity index (χ3n) is 4.27. The zero-order valence-corrected chi connectivity index (χ0v) is 14.8. The van der Waals surface area contributed by atoms with Crippen molar-refractivity contribution in [3.8, 4) is 5.69 Å².